The van der Waals surface area contributed by atoms with Crippen LogP contribution in [0.5, 0.6) is 0 Å². The standard InChI is InChI=1S/C3H10N4/c1-6-3(4)7(2)5/h5H2,1-2H3,(H2,4,6). The molecule has 7 heavy (non-hydrogen) atoms. The van der Waals surface area contributed by atoms with Crippen molar-refractivity contribution in [2.45, 2.75) is 0 Å². The normalized spacial score (nSPS) is 11.6. The molecular weight excluding hydrogens is 92.1 g/mol. The van der Waals surface area contributed by atoms with Gasteiger partial charge in [0.25, 0.3) is 0 Å². The molecule has 0 aromatic rings. The van der Waals surface area contributed by atoms with Crippen molar-refractivity contribution in [2.75, 3.05) is 14.1 Å². The van der Waals surface area contributed by atoms with Gasteiger partial charge in [-0.1, -0.05) is 0 Å². The summed E-state index contributed by atoms with van der Waals surface area (Å²) >= 11 is 0. The Balaban J connectivity index is 3.56. The van der Waals surface area contributed by atoms with E-state index in [9.17, 15) is 0 Å². The quantitative estimate of drug-likeness (QED) is 0.173. The summed E-state index contributed by atoms with van der Waals surface area (Å²) in [6.45, 7) is 0. The lowest BCUT2D eigenvalue weighted by atomic mass is 10.9. The highest BCUT2D eigenvalue weighted by Gasteiger charge is 1.86. The Kier molecular flexibility index (Phi) is 2.15. The van der Waals surface area contributed by atoms with Gasteiger partial charge in [-0.3, -0.25) is 10.0 Å². The van der Waals surface area contributed by atoms with E-state index >= 15 is 0 Å². The van der Waals surface area contributed by atoms with E-state index in [1.165, 1.54) is 5.01 Å². The van der Waals surface area contributed by atoms with Gasteiger partial charge in [0.1, 0.15) is 0 Å². The van der Waals surface area contributed by atoms with E-state index in [0.29, 0.717) is 5.96 Å². The smallest absolute Gasteiger partial charge is 0.205 e. The number of guanidine groups is 1. The van der Waals surface area contributed by atoms with Crippen LogP contribution in [-0.2, 0) is 0 Å². The van der Waals surface area contributed by atoms with Crippen molar-refractivity contribution < 1.29 is 0 Å². The lowest BCUT2D eigenvalue weighted by Crippen LogP contribution is -2.39. The molecule has 0 unspecified atom stereocenters. The van der Waals surface area contributed by atoms with Crippen molar-refractivity contribution in [3.05, 3.63) is 0 Å². The van der Waals surface area contributed by atoms with E-state index in [-0.39, 0.29) is 0 Å². The van der Waals surface area contributed by atoms with Crippen LogP contribution < -0.4 is 11.6 Å². The minimum Gasteiger partial charge on any atom is -0.369 e. The topological polar surface area (TPSA) is 67.6 Å². The van der Waals surface area contributed by atoms with Crippen molar-refractivity contribution >= 4 is 5.96 Å². The summed E-state index contributed by atoms with van der Waals surface area (Å²) in [5.41, 5.74) is 5.17. The maximum Gasteiger partial charge on any atom is 0.205 e. The predicted molar refractivity (Wildman–Crippen MR) is 29.5 cm³/mol. The molecule has 0 aromatic heterocycles. The molecule has 0 radical (unpaired) electrons. The van der Waals surface area contributed by atoms with Crippen molar-refractivity contribution in [3.8, 4) is 0 Å². The van der Waals surface area contributed by atoms with Gasteiger partial charge in [0.2, 0.25) is 5.96 Å². The zero-order chi connectivity index (χ0) is 5.86. The van der Waals surface area contributed by atoms with Crippen molar-refractivity contribution in [2.24, 2.45) is 16.6 Å². The van der Waals surface area contributed by atoms with E-state index in [0.717, 1.165) is 0 Å². The molecule has 4 heteroatoms. The van der Waals surface area contributed by atoms with Gasteiger partial charge in [-0.05, 0) is 0 Å². The zero-order valence-electron chi connectivity index (χ0n) is 4.55. The summed E-state index contributed by atoms with van der Waals surface area (Å²) in [6, 6.07) is 0. The summed E-state index contributed by atoms with van der Waals surface area (Å²) in [5.74, 6) is 5.46. The largest absolute Gasteiger partial charge is 0.369 e. The number of hydrogen-bond donors (Lipinski definition) is 2. The fourth-order valence-electron chi connectivity index (χ4n) is 0.158. The molecule has 0 spiro atoms. The van der Waals surface area contributed by atoms with E-state index in [2.05, 4.69) is 4.99 Å². The molecule has 0 bridgehead atoms. The highest BCUT2D eigenvalue weighted by atomic mass is 15.4. The number of nitrogens with two attached hydrogens (primary N) is 2. The first-order valence-electron chi connectivity index (χ1n) is 1.89. The second-order valence-electron chi connectivity index (χ2n) is 1.19. The van der Waals surface area contributed by atoms with E-state index in [4.69, 9.17) is 11.6 Å². The maximum atomic E-state index is 5.17. The second kappa shape index (κ2) is 2.41. The van der Waals surface area contributed by atoms with Gasteiger partial charge in [0.05, 0.1) is 0 Å². The third kappa shape index (κ3) is 1.99. The predicted octanol–water partition coefficient (Wildman–Crippen LogP) is -1.26. The average Bonchev–Trinajstić information content (AvgIpc) is 1.65. The molecule has 0 saturated carbocycles. The van der Waals surface area contributed by atoms with E-state index in [1.54, 1.807) is 14.1 Å². The molecule has 0 aliphatic carbocycles. The van der Waals surface area contributed by atoms with Crippen LogP contribution in [0.25, 0.3) is 0 Å². The Hall–Kier alpha value is -0.770. The Morgan fingerprint density at radius 3 is 2.14 bits per heavy atom. The molecule has 42 valence electrons. The Morgan fingerprint density at radius 1 is 1.71 bits per heavy atom. The molecule has 0 rings (SSSR count). The summed E-state index contributed by atoms with van der Waals surface area (Å²) < 4.78 is 0. The second-order valence-corrected chi connectivity index (χ2v) is 1.19. The van der Waals surface area contributed by atoms with Gasteiger partial charge in [-0.2, -0.15) is 0 Å². The average molecular weight is 102 g/mol. The Bertz CT molecular complexity index is 75.0. The highest BCUT2D eigenvalue weighted by molar-refractivity contribution is 5.76. The number of aliphatic imine (C=N–C) groups is 1. The Labute approximate surface area is 42.8 Å². The minimum atomic E-state index is 0.333. The van der Waals surface area contributed by atoms with Gasteiger partial charge >= 0.3 is 0 Å². The van der Waals surface area contributed by atoms with Crippen LogP contribution in [0.2, 0.25) is 0 Å². The third-order valence-electron chi connectivity index (χ3n) is 0.590. The molecule has 4 N–H and O–H groups in total. The summed E-state index contributed by atoms with van der Waals surface area (Å²) in [6.07, 6.45) is 0. The van der Waals surface area contributed by atoms with Crippen LogP contribution in [0.15, 0.2) is 4.99 Å². The van der Waals surface area contributed by atoms with Gasteiger partial charge < -0.3 is 5.73 Å². The van der Waals surface area contributed by atoms with Gasteiger partial charge in [0, 0.05) is 14.1 Å². The summed E-state index contributed by atoms with van der Waals surface area (Å²) in [7, 11) is 3.21. The molecule has 0 amide bonds. The molecule has 0 atom stereocenters. The highest BCUT2D eigenvalue weighted by Crippen LogP contribution is 1.63. The maximum absolute atomic E-state index is 5.17. The van der Waals surface area contributed by atoms with Gasteiger partial charge in [-0.25, -0.2) is 5.84 Å². The lowest BCUT2D eigenvalue weighted by Gasteiger charge is -2.07. The first-order valence-corrected chi connectivity index (χ1v) is 1.89. The number of rotatable bonds is 0. The SMILES string of the molecule is CN=C(N)N(C)N. The summed E-state index contributed by atoms with van der Waals surface area (Å²) in [5, 5.41) is 1.25. The van der Waals surface area contributed by atoms with Crippen LogP contribution in [0, 0.1) is 0 Å². The molecule has 0 fully saturated rings. The third-order valence-corrected chi connectivity index (χ3v) is 0.590. The summed E-state index contributed by atoms with van der Waals surface area (Å²) in [4.78, 5) is 3.58. The van der Waals surface area contributed by atoms with Gasteiger partial charge in [-0.15, -0.1) is 0 Å². The van der Waals surface area contributed by atoms with Crippen LogP contribution in [0.3, 0.4) is 0 Å². The molecular formula is C3H10N4. The van der Waals surface area contributed by atoms with Gasteiger partial charge in [0.15, 0.2) is 0 Å². The minimum absolute atomic E-state index is 0.333. The monoisotopic (exact) mass is 102 g/mol. The van der Waals surface area contributed by atoms with Crippen LogP contribution in [0.4, 0.5) is 0 Å². The van der Waals surface area contributed by atoms with Crippen molar-refractivity contribution in [3.63, 3.8) is 0 Å². The van der Waals surface area contributed by atoms with Crippen molar-refractivity contribution in [1.82, 2.24) is 5.01 Å². The first-order chi connectivity index (χ1) is 3.18. The molecule has 4 nitrogen and oxygen atoms in total. The molecule has 0 saturated heterocycles. The Morgan fingerprint density at radius 2 is 2.14 bits per heavy atom. The van der Waals surface area contributed by atoms with E-state index < -0.39 is 0 Å². The molecule has 0 aromatic carbocycles. The molecule has 0 aliphatic rings. The van der Waals surface area contributed by atoms with Crippen LogP contribution in [-0.4, -0.2) is 25.1 Å². The van der Waals surface area contributed by atoms with Crippen molar-refractivity contribution in [1.29, 1.82) is 0 Å². The zero-order valence-corrected chi connectivity index (χ0v) is 4.55. The number of hydrazine groups is 1. The number of nitrogens with zero attached hydrogens (tertiary/aromatic N) is 2. The van der Waals surface area contributed by atoms with E-state index in [1.807, 2.05) is 0 Å². The lowest BCUT2D eigenvalue weighted by molar-refractivity contribution is 0.531. The molecule has 0 heterocycles. The first kappa shape index (κ1) is 6.23. The van der Waals surface area contributed by atoms with Crippen LogP contribution in [0.1, 0.15) is 0 Å². The fraction of sp³-hybridized carbons (Fsp3) is 0.667. The fourth-order valence-corrected chi connectivity index (χ4v) is 0.158. The number of hydrogen-bond acceptors (Lipinski definition) is 2. The van der Waals surface area contributed by atoms with Crippen LogP contribution >= 0.6 is 0 Å². The molecule has 0 aliphatic heterocycles.